The van der Waals surface area contributed by atoms with E-state index >= 15 is 0 Å². The van der Waals surface area contributed by atoms with E-state index in [-0.39, 0.29) is 11.5 Å². The Morgan fingerprint density at radius 2 is 2.07 bits per heavy atom. The van der Waals surface area contributed by atoms with Crippen molar-refractivity contribution in [2.24, 2.45) is 7.05 Å². The number of hydrogen-bond donors (Lipinski definition) is 2. The lowest BCUT2D eigenvalue weighted by Gasteiger charge is -2.21. The van der Waals surface area contributed by atoms with Crippen LogP contribution < -0.4 is 21.9 Å². The summed E-state index contributed by atoms with van der Waals surface area (Å²) in [5.41, 5.74) is 7.16. The van der Waals surface area contributed by atoms with Gasteiger partial charge in [-0.15, -0.1) is 0 Å². The predicted molar refractivity (Wildman–Crippen MR) is 108 cm³/mol. The second-order valence-electron chi connectivity index (χ2n) is 6.57. The zero-order chi connectivity index (χ0) is 19.7. The van der Waals surface area contributed by atoms with Crippen LogP contribution in [0.2, 0.25) is 5.02 Å². The Morgan fingerprint density at radius 3 is 2.78 bits per heavy atom. The van der Waals surface area contributed by atoms with E-state index in [1.807, 2.05) is 30.7 Å². The van der Waals surface area contributed by atoms with Crippen molar-refractivity contribution in [3.8, 4) is 0 Å². The molecule has 3 aromatic rings. The second-order valence-corrected chi connectivity index (χ2v) is 7.01. The van der Waals surface area contributed by atoms with Gasteiger partial charge in [0.25, 0.3) is 5.56 Å². The van der Waals surface area contributed by atoms with Crippen LogP contribution in [-0.2, 0) is 20.1 Å². The maximum atomic E-state index is 12.4. The molecule has 0 aliphatic heterocycles. The van der Waals surface area contributed by atoms with Gasteiger partial charge >= 0.3 is 5.69 Å². The van der Waals surface area contributed by atoms with Crippen LogP contribution in [0.3, 0.4) is 0 Å². The first-order chi connectivity index (χ1) is 12.8. The van der Waals surface area contributed by atoms with Crippen LogP contribution in [0, 0.1) is 0 Å². The molecule has 1 aromatic carbocycles. The Morgan fingerprint density at radius 1 is 1.33 bits per heavy atom. The van der Waals surface area contributed by atoms with Gasteiger partial charge in [0.1, 0.15) is 17.3 Å². The summed E-state index contributed by atoms with van der Waals surface area (Å²) in [5.74, 6) is 0.918. The van der Waals surface area contributed by atoms with E-state index < -0.39 is 11.2 Å². The number of hydrogen-bond acceptors (Lipinski definition) is 5. The van der Waals surface area contributed by atoms with Crippen molar-refractivity contribution in [3.63, 3.8) is 0 Å². The molecular weight excluding hydrogens is 368 g/mol. The fourth-order valence-corrected chi connectivity index (χ4v) is 3.31. The van der Waals surface area contributed by atoms with Gasteiger partial charge in [0.2, 0.25) is 0 Å². The Labute approximate surface area is 161 Å². The quantitative estimate of drug-likeness (QED) is 0.671. The molecule has 0 aliphatic carbocycles. The molecule has 8 nitrogen and oxygen atoms in total. The van der Waals surface area contributed by atoms with Crippen LogP contribution in [0.1, 0.15) is 25.6 Å². The molecule has 0 saturated heterocycles. The first kappa shape index (κ1) is 19.0. The van der Waals surface area contributed by atoms with Crippen molar-refractivity contribution in [2.45, 2.75) is 32.9 Å². The van der Waals surface area contributed by atoms with Crippen LogP contribution in [-0.4, -0.2) is 26.1 Å². The fraction of sp³-hybridized carbons (Fsp3) is 0.389. The van der Waals surface area contributed by atoms with Gasteiger partial charge in [0, 0.05) is 25.7 Å². The molecule has 2 heterocycles. The first-order valence-corrected chi connectivity index (χ1v) is 9.15. The standard InChI is InChI=1S/C18H23ClN6O2/c1-4-5-8-25-16(20)15(17(26)22-18(25)27)23(2)10-14-21-12-9-11(19)6-7-13(12)24(14)3/h6-7,9H,4-5,8,10,20H2,1-3H3,(H,22,26,27). The van der Waals surface area contributed by atoms with E-state index in [1.54, 1.807) is 18.0 Å². The molecule has 0 aliphatic rings. The van der Waals surface area contributed by atoms with E-state index in [0.29, 0.717) is 18.1 Å². The van der Waals surface area contributed by atoms with E-state index in [4.69, 9.17) is 17.3 Å². The number of nitrogens with one attached hydrogen (secondary N) is 1. The average molecular weight is 391 g/mol. The Hall–Kier alpha value is -2.74. The molecule has 0 radical (unpaired) electrons. The van der Waals surface area contributed by atoms with E-state index in [2.05, 4.69) is 9.97 Å². The highest BCUT2D eigenvalue weighted by atomic mass is 35.5. The summed E-state index contributed by atoms with van der Waals surface area (Å²) in [6, 6.07) is 5.51. The molecule has 0 bridgehead atoms. The number of nitrogen functional groups attached to an aromatic ring is 1. The number of unbranched alkanes of at least 4 members (excludes halogenated alkanes) is 1. The molecule has 3 rings (SSSR count). The molecule has 0 fully saturated rings. The average Bonchev–Trinajstić information content (AvgIpc) is 2.89. The number of nitrogens with zero attached hydrogens (tertiary/aromatic N) is 4. The Balaban J connectivity index is 1.99. The van der Waals surface area contributed by atoms with Crippen molar-refractivity contribution in [1.82, 2.24) is 19.1 Å². The lowest BCUT2D eigenvalue weighted by molar-refractivity contribution is 0.603. The van der Waals surface area contributed by atoms with Crippen molar-refractivity contribution in [2.75, 3.05) is 17.7 Å². The summed E-state index contributed by atoms with van der Waals surface area (Å²) < 4.78 is 3.35. The number of imidazole rings is 1. The summed E-state index contributed by atoms with van der Waals surface area (Å²) >= 11 is 6.04. The number of nitrogens with two attached hydrogens (primary N) is 1. The van der Waals surface area contributed by atoms with Gasteiger partial charge in [-0.1, -0.05) is 24.9 Å². The van der Waals surface area contributed by atoms with Crippen LogP contribution >= 0.6 is 11.6 Å². The molecule has 2 aromatic heterocycles. The summed E-state index contributed by atoms with van der Waals surface area (Å²) in [6.07, 6.45) is 1.71. The van der Waals surface area contributed by atoms with Gasteiger partial charge in [-0.2, -0.15) is 0 Å². The van der Waals surface area contributed by atoms with Gasteiger partial charge in [0.15, 0.2) is 0 Å². The third kappa shape index (κ3) is 3.57. The van der Waals surface area contributed by atoms with E-state index in [1.165, 1.54) is 4.57 Å². The van der Waals surface area contributed by atoms with Crippen molar-refractivity contribution in [1.29, 1.82) is 0 Å². The summed E-state index contributed by atoms with van der Waals surface area (Å²) in [6.45, 7) is 2.84. The SMILES string of the molecule is CCCCn1c(N)c(N(C)Cc2nc3cc(Cl)ccc3n2C)c(=O)[nH]c1=O. The zero-order valence-corrected chi connectivity index (χ0v) is 16.4. The molecule has 0 atom stereocenters. The Kier molecular flexibility index (Phi) is 5.27. The van der Waals surface area contributed by atoms with Crippen LogP contribution in [0.5, 0.6) is 0 Å². The molecule has 0 amide bonds. The molecule has 0 unspecified atom stereocenters. The molecule has 27 heavy (non-hydrogen) atoms. The molecule has 0 saturated carbocycles. The highest BCUT2D eigenvalue weighted by Gasteiger charge is 2.18. The van der Waals surface area contributed by atoms with Crippen molar-refractivity contribution >= 4 is 34.1 Å². The largest absolute Gasteiger partial charge is 0.383 e. The number of rotatable bonds is 6. The fourth-order valence-electron chi connectivity index (χ4n) is 3.14. The molecule has 3 N–H and O–H groups in total. The van der Waals surface area contributed by atoms with Gasteiger partial charge in [-0.3, -0.25) is 14.3 Å². The van der Waals surface area contributed by atoms with Crippen LogP contribution in [0.4, 0.5) is 11.5 Å². The van der Waals surface area contributed by atoms with Crippen molar-refractivity contribution in [3.05, 3.63) is 49.9 Å². The minimum atomic E-state index is -0.505. The number of benzene rings is 1. The topological polar surface area (TPSA) is 102 Å². The van der Waals surface area contributed by atoms with E-state index in [0.717, 1.165) is 29.7 Å². The number of anilines is 2. The summed E-state index contributed by atoms with van der Waals surface area (Å²) in [4.78, 5) is 33.1. The highest BCUT2D eigenvalue weighted by molar-refractivity contribution is 6.31. The summed E-state index contributed by atoms with van der Waals surface area (Å²) in [5, 5.41) is 0.615. The molecule has 9 heteroatoms. The second kappa shape index (κ2) is 7.48. The lowest BCUT2D eigenvalue weighted by Crippen LogP contribution is -2.37. The summed E-state index contributed by atoms with van der Waals surface area (Å²) in [7, 11) is 3.66. The van der Waals surface area contributed by atoms with Gasteiger partial charge in [-0.05, 0) is 24.6 Å². The van der Waals surface area contributed by atoms with Crippen molar-refractivity contribution < 1.29 is 0 Å². The number of aromatic nitrogens is 4. The molecular formula is C18H23ClN6O2. The number of aromatic amines is 1. The monoisotopic (exact) mass is 390 g/mol. The number of halogens is 1. The normalized spacial score (nSPS) is 11.3. The maximum Gasteiger partial charge on any atom is 0.330 e. The third-order valence-corrected chi connectivity index (χ3v) is 4.88. The van der Waals surface area contributed by atoms with Gasteiger partial charge < -0.3 is 15.2 Å². The smallest absolute Gasteiger partial charge is 0.330 e. The molecule has 144 valence electrons. The van der Waals surface area contributed by atoms with Gasteiger partial charge in [0.05, 0.1) is 17.6 Å². The van der Waals surface area contributed by atoms with Crippen LogP contribution in [0.25, 0.3) is 11.0 Å². The van der Waals surface area contributed by atoms with E-state index in [9.17, 15) is 9.59 Å². The van der Waals surface area contributed by atoms with Gasteiger partial charge in [-0.25, -0.2) is 9.78 Å². The third-order valence-electron chi connectivity index (χ3n) is 4.65. The zero-order valence-electron chi connectivity index (χ0n) is 15.6. The van der Waals surface area contributed by atoms with Crippen LogP contribution in [0.15, 0.2) is 27.8 Å². The highest BCUT2D eigenvalue weighted by Crippen LogP contribution is 2.22. The number of aryl methyl sites for hydroxylation is 1. The maximum absolute atomic E-state index is 12.4. The minimum absolute atomic E-state index is 0.168. The number of H-pyrrole nitrogens is 1. The predicted octanol–water partition coefficient (Wildman–Crippen LogP) is 2.10. The minimum Gasteiger partial charge on any atom is -0.383 e. The first-order valence-electron chi connectivity index (χ1n) is 8.78. The lowest BCUT2D eigenvalue weighted by atomic mass is 10.3. The Bertz CT molecular complexity index is 1100. The molecule has 0 spiro atoms. The number of fused-ring (bicyclic) bond motifs is 1.